The van der Waals surface area contributed by atoms with E-state index in [1.54, 1.807) is 0 Å². The molecule has 0 saturated carbocycles. The zero-order chi connectivity index (χ0) is 14.0. The molecule has 0 radical (unpaired) electrons. The Morgan fingerprint density at radius 3 is 1.83 bits per heavy atom. The number of methoxy groups -OCH3 is 2. The summed E-state index contributed by atoms with van der Waals surface area (Å²) in [6, 6.07) is 0. The molecule has 104 valence electrons. The topological polar surface area (TPSA) is 123 Å². The third-order valence-corrected chi connectivity index (χ3v) is 1.76. The maximum Gasteiger partial charge on any atom is 0.406 e. The van der Waals surface area contributed by atoms with Gasteiger partial charge in [-0.05, 0) is 0 Å². The van der Waals surface area contributed by atoms with Crippen LogP contribution >= 0.6 is 0 Å². The molecule has 0 aromatic heterocycles. The van der Waals surface area contributed by atoms with Crippen LogP contribution in [-0.4, -0.2) is 63.3 Å². The first-order valence-electron chi connectivity index (χ1n) is 4.96. The van der Waals surface area contributed by atoms with Crippen molar-refractivity contribution in [3.05, 3.63) is 0 Å². The molecule has 0 rings (SSSR count). The van der Waals surface area contributed by atoms with Crippen LogP contribution in [0.5, 0.6) is 0 Å². The lowest BCUT2D eigenvalue weighted by Crippen LogP contribution is -2.42. The number of carbonyl (C=O) groups excluding carboxylic acids is 2. The maximum atomic E-state index is 10.8. The lowest BCUT2D eigenvalue weighted by molar-refractivity contribution is -0.144. The van der Waals surface area contributed by atoms with E-state index < -0.39 is 30.9 Å². The van der Waals surface area contributed by atoms with E-state index in [-0.39, 0.29) is 13.1 Å². The molecule has 0 unspecified atom stereocenters. The van der Waals surface area contributed by atoms with Gasteiger partial charge in [0.25, 0.3) is 0 Å². The number of aliphatic carboxylic acids is 1. The van der Waals surface area contributed by atoms with E-state index in [0.717, 1.165) is 0 Å². The van der Waals surface area contributed by atoms with Gasteiger partial charge < -0.3 is 30.0 Å². The molecule has 0 aromatic carbocycles. The maximum absolute atomic E-state index is 10.8. The Balaban J connectivity index is 4.10. The summed E-state index contributed by atoms with van der Waals surface area (Å²) in [5, 5.41) is 13.1. The smallest absolute Gasteiger partial charge is 0.406 e. The summed E-state index contributed by atoms with van der Waals surface area (Å²) in [5.41, 5.74) is 0. The van der Waals surface area contributed by atoms with Crippen LogP contribution in [0.15, 0.2) is 0 Å². The Hall–Kier alpha value is -2.03. The van der Waals surface area contributed by atoms with Gasteiger partial charge in [0.2, 0.25) is 0 Å². The SMILES string of the molecule is COC(=O)NCC(CNC(=O)OC)OCC(=O)O. The molecular formula is C9H16N2O7. The van der Waals surface area contributed by atoms with Crippen LogP contribution < -0.4 is 10.6 Å². The summed E-state index contributed by atoms with van der Waals surface area (Å²) < 4.78 is 13.6. The zero-order valence-corrected chi connectivity index (χ0v) is 10.1. The van der Waals surface area contributed by atoms with Crippen LogP contribution in [0.3, 0.4) is 0 Å². The second-order valence-corrected chi connectivity index (χ2v) is 3.07. The lowest BCUT2D eigenvalue weighted by atomic mass is 10.3. The largest absolute Gasteiger partial charge is 0.480 e. The average molecular weight is 264 g/mol. The van der Waals surface area contributed by atoms with Crippen molar-refractivity contribution >= 4 is 18.2 Å². The molecule has 0 aliphatic rings. The van der Waals surface area contributed by atoms with Gasteiger partial charge in [-0.2, -0.15) is 0 Å². The van der Waals surface area contributed by atoms with Crippen LogP contribution in [0.4, 0.5) is 9.59 Å². The minimum absolute atomic E-state index is 0.00997. The number of alkyl carbamates (subject to hydrolysis) is 2. The molecule has 0 atom stereocenters. The molecule has 0 aliphatic heterocycles. The number of hydrogen-bond acceptors (Lipinski definition) is 6. The molecule has 0 fully saturated rings. The number of ether oxygens (including phenoxy) is 3. The first-order chi connectivity index (χ1) is 8.49. The fourth-order valence-corrected chi connectivity index (χ4v) is 0.918. The van der Waals surface area contributed by atoms with E-state index >= 15 is 0 Å². The van der Waals surface area contributed by atoms with Crippen molar-refractivity contribution in [2.75, 3.05) is 33.9 Å². The summed E-state index contributed by atoms with van der Waals surface area (Å²) in [6.45, 7) is -0.565. The van der Waals surface area contributed by atoms with Crippen molar-refractivity contribution in [1.29, 1.82) is 0 Å². The highest BCUT2D eigenvalue weighted by molar-refractivity contribution is 5.68. The van der Waals surface area contributed by atoms with Gasteiger partial charge in [0.15, 0.2) is 0 Å². The van der Waals surface area contributed by atoms with Crippen LogP contribution in [0, 0.1) is 0 Å². The summed E-state index contributed by atoms with van der Waals surface area (Å²) in [6.07, 6.45) is -2.08. The summed E-state index contributed by atoms with van der Waals surface area (Å²) in [5.74, 6) is -1.16. The summed E-state index contributed by atoms with van der Waals surface area (Å²) in [7, 11) is 2.38. The Bertz CT molecular complexity index is 275. The number of amides is 2. The van der Waals surface area contributed by atoms with Gasteiger partial charge in [0.1, 0.15) is 6.61 Å². The number of hydrogen-bond donors (Lipinski definition) is 3. The molecule has 0 aromatic rings. The molecular weight excluding hydrogens is 248 g/mol. The van der Waals surface area contributed by atoms with E-state index in [2.05, 4.69) is 20.1 Å². The normalized spacial score (nSPS) is 9.72. The predicted molar refractivity (Wildman–Crippen MR) is 58.2 cm³/mol. The summed E-state index contributed by atoms with van der Waals surface area (Å²) in [4.78, 5) is 32.0. The van der Waals surface area contributed by atoms with Gasteiger partial charge in [0, 0.05) is 13.1 Å². The highest BCUT2D eigenvalue weighted by atomic mass is 16.5. The van der Waals surface area contributed by atoms with Gasteiger partial charge in [-0.3, -0.25) is 0 Å². The zero-order valence-electron chi connectivity index (χ0n) is 10.1. The summed E-state index contributed by atoms with van der Waals surface area (Å²) >= 11 is 0. The number of carboxylic acids is 1. The number of rotatable bonds is 7. The van der Waals surface area contributed by atoms with Gasteiger partial charge in [0.05, 0.1) is 20.3 Å². The van der Waals surface area contributed by atoms with Crippen molar-refractivity contribution in [2.24, 2.45) is 0 Å². The van der Waals surface area contributed by atoms with Gasteiger partial charge in [-0.15, -0.1) is 0 Å². The number of carbonyl (C=O) groups is 3. The van der Waals surface area contributed by atoms with Crippen LogP contribution in [-0.2, 0) is 19.0 Å². The van der Waals surface area contributed by atoms with Crippen LogP contribution in [0.2, 0.25) is 0 Å². The first kappa shape index (κ1) is 16.0. The van der Waals surface area contributed by atoms with Gasteiger partial charge in [-0.1, -0.05) is 0 Å². The van der Waals surface area contributed by atoms with Crippen LogP contribution in [0.25, 0.3) is 0 Å². The molecule has 0 aliphatic carbocycles. The third-order valence-electron chi connectivity index (χ3n) is 1.76. The quantitative estimate of drug-likeness (QED) is 0.548. The molecule has 18 heavy (non-hydrogen) atoms. The minimum Gasteiger partial charge on any atom is -0.480 e. The van der Waals surface area contributed by atoms with Crippen molar-refractivity contribution < 1.29 is 33.7 Å². The van der Waals surface area contributed by atoms with Crippen molar-refractivity contribution in [3.8, 4) is 0 Å². The molecule has 3 N–H and O–H groups in total. The molecule has 0 heterocycles. The van der Waals surface area contributed by atoms with E-state index in [1.165, 1.54) is 14.2 Å². The fraction of sp³-hybridized carbons (Fsp3) is 0.667. The van der Waals surface area contributed by atoms with Crippen molar-refractivity contribution in [1.82, 2.24) is 10.6 Å². The van der Waals surface area contributed by atoms with E-state index in [1.807, 2.05) is 0 Å². The Morgan fingerprint density at radius 1 is 1.06 bits per heavy atom. The predicted octanol–water partition coefficient (Wildman–Crippen LogP) is -0.832. The minimum atomic E-state index is -1.16. The standard InChI is InChI=1S/C9H16N2O7/c1-16-8(14)10-3-6(18-5-7(12)13)4-11-9(15)17-2/h6H,3-5H2,1-2H3,(H,10,14)(H,11,15)(H,12,13). The monoisotopic (exact) mass is 264 g/mol. The highest BCUT2D eigenvalue weighted by Crippen LogP contribution is 1.91. The molecule has 0 spiro atoms. The molecule has 0 saturated heterocycles. The first-order valence-corrected chi connectivity index (χ1v) is 4.96. The highest BCUT2D eigenvalue weighted by Gasteiger charge is 2.14. The van der Waals surface area contributed by atoms with E-state index in [9.17, 15) is 14.4 Å². The Labute approximate surface area is 103 Å². The van der Waals surface area contributed by atoms with Crippen molar-refractivity contribution in [3.63, 3.8) is 0 Å². The Kier molecular flexibility index (Phi) is 8.03. The lowest BCUT2D eigenvalue weighted by Gasteiger charge is -2.17. The average Bonchev–Trinajstić information content (AvgIpc) is 2.36. The van der Waals surface area contributed by atoms with E-state index in [0.29, 0.717) is 0 Å². The fourth-order valence-electron chi connectivity index (χ4n) is 0.918. The van der Waals surface area contributed by atoms with E-state index in [4.69, 9.17) is 9.84 Å². The number of carboxylic acid groups (broad SMARTS) is 1. The Morgan fingerprint density at radius 2 is 1.50 bits per heavy atom. The third kappa shape index (κ3) is 8.16. The molecule has 2 amide bonds. The second-order valence-electron chi connectivity index (χ2n) is 3.07. The molecule has 9 heteroatoms. The molecule has 9 nitrogen and oxygen atoms in total. The second kappa shape index (κ2) is 9.05. The molecule has 0 bridgehead atoms. The van der Waals surface area contributed by atoms with Gasteiger partial charge in [-0.25, -0.2) is 14.4 Å². The number of nitrogens with one attached hydrogen (secondary N) is 2. The van der Waals surface area contributed by atoms with Gasteiger partial charge >= 0.3 is 18.2 Å². The van der Waals surface area contributed by atoms with Crippen molar-refractivity contribution in [2.45, 2.75) is 6.10 Å². The van der Waals surface area contributed by atoms with Crippen LogP contribution in [0.1, 0.15) is 0 Å².